The van der Waals surface area contributed by atoms with Crippen LogP contribution >= 0.6 is 0 Å². The molecule has 4 rings (SSSR count). The molecule has 0 aliphatic heterocycles. The zero-order valence-electron chi connectivity index (χ0n) is 14.2. The molecular formula is C20H32O. The van der Waals surface area contributed by atoms with Crippen molar-refractivity contribution in [2.45, 2.75) is 78.6 Å². The highest BCUT2D eigenvalue weighted by Gasteiger charge is 2.59. The van der Waals surface area contributed by atoms with Gasteiger partial charge in [0.05, 0.1) is 0 Å². The lowest BCUT2D eigenvalue weighted by Gasteiger charge is -2.60. The number of ketones is 1. The van der Waals surface area contributed by atoms with Crippen molar-refractivity contribution in [3.63, 3.8) is 0 Å². The molecule has 7 unspecified atom stereocenters. The number of carbonyl (C=O) groups is 1. The van der Waals surface area contributed by atoms with Gasteiger partial charge in [0.2, 0.25) is 0 Å². The van der Waals surface area contributed by atoms with Gasteiger partial charge in [0.25, 0.3) is 0 Å². The predicted molar refractivity (Wildman–Crippen MR) is 85.9 cm³/mol. The fourth-order valence-corrected chi connectivity index (χ4v) is 7.24. The van der Waals surface area contributed by atoms with E-state index in [9.17, 15) is 4.79 Å². The second-order valence-electron chi connectivity index (χ2n) is 9.45. The molecule has 118 valence electrons. The van der Waals surface area contributed by atoms with Crippen molar-refractivity contribution in [2.24, 2.45) is 40.4 Å². The summed E-state index contributed by atoms with van der Waals surface area (Å²) in [4.78, 5) is 12.4. The summed E-state index contributed by atoms with van der Waals surface area (Å²) in [7, 11) is 0. The number of fused-ring (bicyclic) bond motifs is 5. The molecule has 1 heteroatoms. The van der Waals surface area contributed by atoms with Crippen molar-refractivity contribution >= 4 is 5.78 Å². The number of Topliss-reactive ketones (excluding diaryl/α,β-unsaturated/α-hetero) is 1. The van der Waals surface area contributed by atoms with Gasteiger partial charge in [0.1, 0.15) is 5.78 Å². The predicted octanol–water partition coefficient (Wildman–Crippen LogP) is 5.23. The van der Waals surface area contributed by atoms with E-state index in [0.29, 0.717) is 11.2 Å². The van der Waals surface area contributed by atoms with Gasteiger partial charge in [0, 0.05) is 11.8 Å². The molecule has 0 saturated heterocycles. The molecule has 0 N–H and O–H groups in total. The molecule has 4 aliphatic rings. The van der Waals surface area contributed by atoms with E-state index in [1.807, 2.05) is 0 Å². The average Bonchev–Trinajstić information content (AvgIpc) is 2.76. The van der Waals surface area contributed by atoms with Crippen LogP contribution in [-0.2, 0) is 4.79 Å². The lowest BCUT2D eigenvalue weighted by Crippen LogP contribution is -2.53. The summed E-state index contributed by atoms with van der Waals surface area (Å²) in [5.74, 6) is 5.03. The summed E-state index contributed by atoms with van der Waals surface area (Å²) in [6.07, 6.45) is 11.8. The second-order valence-corrected chi connectivity index (χ2v) is 9.45. The molecular weight excluding hydrogens is 256 g/mol. The van der Waals surface area contributed by atoms with Gasteiger partial charge in [-0.25, -0.2) is 0 Å². The molecule has 7 atom stereocenters. The average molecular weight is 288 g/mol. The van der Waals surface area contributed by atoms with Gasteiger partial charge in [-0.1, -0.05) is 27.2 Å². The Morgan fingerprint density at radius 3 is 2.57 bits per heavy atom. The summed E-state index contributed by atoms with van der Waals surface area (Å²) in [5, 5.41) is 0. The van der Waals surface area contributed by atoms with Crippen molar-refractivity contribution in [1.29, 1.82) is 0 Å². The highest BCUT2D eigenvalue weighted by Crippen LogP contribution is 2.65. The first-order chi connectivity index (χ1) is 9.95. The van der Waals surface area contributed by atoms with Crippen LogP contribution in [0.3, 0.4) is 0 Å². The Kier molecular flexibility index (Phi) is 3.12. The number of rotatable bonds is 0. The van der Waals surface area contributed by atoms with Crippen LogP contribution in [0.25, 0.3) is 0 Å². The van der Waals surface area contributed by atoms with E-state index in [4.69, 9.17) is 0 Å². The Hall–Kier alpha value is -0.330. The maximum atomic E-state index is 12.4. The molecule has 0 spiro atoms. The zero-order valence-corrected chi connectivity index (χ0v) is 14.2. The molecule has 0 aromatic rings. The molecule has 21 heavy (non-hydrogen) atoms. The Labute approximate surface area is 130 Å². The van der Waals surface area contributed by atoms with Crippen molar-refractivity contribution in [3.05, 3.63) is 0 Å². The quantitative estimate of drug-likeness (QED) is 0.596. The van der Waals surface area contributed by atoms with E-state index < -0.39 is 0 Å². The maximum absolute atomic E-state index is 12.4. The third-order valence-electron chi connectivity index (χ3n) is 8.64. The number of hydrogen-bond donors (Lipinski definition) is 0. The Morgan fingerprint density at radius 1 is 0.952 bits per heavy atom. The van der Waals surface area contributed by atoms with Crippen LogP contribution in [0.5, 0.6) is 0 Å². The standard InChI is InChI=1S/C20H32O/c1-13-8-10-19(2)14(12-13)4-5-15-16-6-7-18(21)20(16,3)11-9-17(15)19/h13-17H,4-12H2,1-3H3. The van der Waals surface area contributed by atoms with Gasteiger partial charge < -0.3 is 0 Å². The van der Waals surface area contributed by atoms with Gasteiger partial charge in [-0.2, -0.15) is 0 Å². The topological polar surface area (TPSA) is 17.1 Å². The van der Waals surface area contributed by atoms with Crippen molar-refractivity contribution in [2.75, 3.05) is 0 Å². The van der Waals surface area contributed by atoms with Gasteiger partial charge in [0.15, 0.2) is 0 Å². The maximum Gasteiger partial charge on any atom is 0.139 e. The van der Waals surface area contributed by atoms with E-state index in [0.717, 1.165) is 36.0 Å². The van der Waals surface area contributed by atoms with Crippen LogP contribution in [-0.4, -0.2) is 5.78 Å². The molecule has 0 aromatic heterocycles. The van der Waals surface area contributed by atoms with E-state index >= 15 is 0 Å². The zero-order chi connectivity index (χ0) is 14.8. The fourth-order valence-electron chi connectivity index (χ4n) is 7.24. The van der Waals surface area contributed by atoms with E-state index in [2.05, 4.69) is 20.8 Å². The Morgan fingerprint density at radius 2 is 1.76 bits per heavy atom. The Bertz CT molecular complexity index is 455. The molecule has 4 fully saturated rings. The smallest absolute Gasteiger partial charge is 0.139 e. The van der Waals surface area contributed by atoms with Crippen LogP contribution in [0.1, 0.15) is 78.6 Å². The molecule has 0 amide bonds. The fraction of sp³-hybridized carbons (Fsp3) is 0.950. The normalized spacial score (nSPS) is 56.5. The SMILES string of the molecule is CC1CCC2(C)C(CCC3C4CCC(=O)C4(C)CCC32)C1. The van der Waals surface area contributed by atoms with Crippen LogP contribution in [0.2, 0.25) is 0 Å². The summed E-state index contributed by atoms with van der Waals surface area (Å²) < 4.78 is 0. The first kappa shape index (κ1) is 14.3. The number of carbonyl (C=O) groups excluding carboxylic acids is 1. The van der Waals surface area contributed by atoms with E-state index in [-0.39, 0.29) is 5.41 Å². The summed E-state index contributed by atoms with van der Waals surface area (Å²) >= 11 is 0. The Balaban J connectivity index is 1.64. The highest BCUT2D eigenvalue weighted by atomic mass is 16.1. The first-order valence-corrected chi connectivity index (χ1v) is 9.48. The third kappa shape index (κ3) is 1.85. The van der Waals surface area contributed by atoms with Crippen LogP contribution in [0, 0.1) is 40.4 Å². The minimum absolute atomic E-state index is 0.0618. The molecule has 4 saturated carbocycles. The summed E-state index contributed by atoms with van der Waals surface area (Å²) in [5.41, 5.74) is 0.661. The van der Waals surface area contributed by atoms with E-state index in [1.165, 1.54) is 51.4 Å². The van der Waals surface area contributed by atoms with Gasteiger partial charge in [-0.15, -0.1) is 0 Å². The highest BCUT2D eigenvalue weighted by molar-refractivity contribution is 5.87. The van der Waals surface area contributed by atoms with Crippen molar-refractivity contribution in [3.8, 4) is 0 Å². The van der Waals surface area contributed by atoms with Crippen LogP contribution in [0.4, 0.5) is 0 Å². The molecule has 1 nitrogen and oxygen atoms in total. The van der Waals surface area contributed by atoms with Crippen molar-refractivity contribution < 1.29 is 4.79 Å². The number of hydrogen-bond acceptors (Lipinski definition) is 1. The first-order valence-electron chi connectivity index (χ1n) is 9.48. The van der Waals surface area contributed by atoms with E-state index in [1.54, 1.807) is 0 Å². The van der Waals surface area contributed by atoms with Gasteiger partial charge in [-0.3, -0.25) is 4.79 Å². The molecule has 0 aromatic carbocycles. The second kappa shape index (κ2) is 4.59. The lowest BCUT2D eigenvalue weighted by atomic mass is 9.45. The largest absolute Gasteiger partial charge is 0.299 e. The minimum Gasteiger partial charge on any atom is -0.299 e. The van der Waals surface area contributed by atoms with Gasteiger partial charge in [-0.05, 0) is 80.0 Å². The van der Waals surface area contributed by atoms with Crippen LogP contribution in [0.15, 0.2) is 0 Å². The molecule has 0 radical (unpaired) electrons. The van der Waals surface area contributed by atoms with Gasteiger partial charge >= 0.3 is 0 Å². The molecule has 0 heterocycles. The molecule has 0 bridgehead atoms. The monoisotopic (exact) mass is 288 g/mol. The molecule has 4 aliphatic carbocycles. The third-order valence-corrected chi connectivity index (χ3v) is 8.64. The van der Waals surface area contributed by atoms with Crippen molar-refractivity contribution in [1.82, 2.24) is 0 Å². The summed E-state index contributed by atoms with van der Waals surface area (Å²) in [6, 6.07) is 0. The summed E-state index contributed by atoms with van der Waals surface area (Å²) in [6.45, 7) is 7.39. The van der Waals surface area contributed by atoms with Crippen LogP contribution < -0.4 is 0 Å². The lowest BCUT2D eigenvalue weighted by molar-refractivity contribution is -0.139. The minimum atomic E-state index is 0.0618.